The first-order valence-corrected chi connectivity index (χ1v) is 8.86. The SMILES string of the molecule is Cc1cc2c(c(-n3nc4ccccc4n3)c1)Oc1cccc3c(=O)[nH]nc-2c13. The molecule has 0 atom stereocenters. The van der Waals surface area contributed by atoms with Crippen molar-refractivity contribution in [1.29, 1.82) is 0 Å². The van der Waals surface area contributed by atoms with Crippen LogP contribution in [0.4, 0.5) is 0 Å². The molecular weight excluding hydrogens is 354 g/mol. The molecule has 3 aromatic carbocycles. The summed E-state index contributed by atoms with van der Waals surface area (Å²) in [7, 11) is 0. The second-order valence-corrected chi connectivity index (χ2v) is 6.82. The second kappa shape index (κ2) is 5.26. The summed E-state index contributed by atoms with van der Waals surface area (Å²) in [6.07, 6.45) is 0. The lowest BCUT2D eigenvalue weighted by Crippen LogP contribution is -2.13. The van der Waals surface area contributed by atoms with Crippen molar-refractivity contribution in [1.82, 2.24) is 25.2 Å². The van der Waals surface area contributed by atoms with Crippen molar-refractivity contribution in [3.8, 4) is 28.4 Å². The zero-order valence-electron chi connectivity index (χ0n) is 14.8. The highest BCUT2D eigenvalue weighted by Crippen LogP contribution is 2.47. The van der Waals surface area contributed by atoms with Gasteiger partial charge in [0.25, 0.3) is 5.56 Å². The zero-order valence-corrected chi connectivity index (χ0v) is 14.8. The first-order valence-electron chi connectivity index (χ1n) is 8.86. The number of aromatic amines is 1. The number of aromatic nitrogens is 5. The smallest absolute Gasteiger partial charge is 0.272 e. The third-order valence-electron chi connectivity index (χ3n) is 4.96. The Balaban J connectivity index is 1.69. The van der Waals surface area contributed by atoms with E-state index >= 15 is 0 Å². The summed E-state index contributed by atoms with van der Waals surface area (Å²) in [4.78, 5) is 13.8. The number of rotatable bonds is 1. The van der Waals surface area contributed by atoms with Gasteiger partial charge in [0.05, 0.1) is 10.8 Å². The van der Waals surface area contributed by atoms with E-state index in [0.29, 0.717) is 28.0 Å². The Morgan fingerprint density at radius 2 is 1.79 bits per heavy atom. The number of hydrogen-bond acceptors (Lipinski definition) is 5. The summed E-state index contributed by atoms with van der Waals surface area (Å²) < 4.78 is 6.25. The molecule has 0 aliphatic carbocycles. The van der Waals surface area contributed by atoms with Gasteiger partial charge in [-0.25, -0.2) is 5.10 Å². The van der Waals surface area contributed by atoms with E-state index in [0.717, 1.165) is 27.8 Å². The minimum atomic E-state index is -0.236. The molecule has 1 aliphatic rings. The number of hydrogen-bond donors (Lipinski definition) is 1. The largest absolute Gasteiger partial charge is 0.454 e. The fourth-order valence-electron chi connectivity index (χ4n) is 3.73. The van der Waals surface area contributed by atoms with Crippen molar-refractivity contribution >= 4 is 21.8 Å². The van der Waals surface area contributed by atoms with Crippen LogP contribution in [0.15, 0.2) is 59.4 Å². The molecule has 3 heterocycles. The number of nitrogens with zero attached hydrogens (tertiary/aromatic N) is 4. The average molecular weight is 367 g/mol. The predicted molar refractivity (Wildman–Crippen MR) is 105 cm³/mol. The normalized spacial score (nSPS) is 12.2. The van der Waals surface area contributed by atoms with Gasteiger partial charge in [-0.15, -0.1) is 15.0 Å². The van der Waals surface area contributed by atoms with Crippen LogP contribution < -0.4 is 10.3 Å². The molecule has 1 N–H and O–H groups in total. The predicted octanol–water partition coefficient (Wildman–Crippen LogP) is 3.74. The molecule has 0 spiro atoms. The minimum absolute atomic E-state index is 0.236. The van der Waals surface area contributed by atoms with Crippen LogP contribution in [0.25, 0.3) is 38.8 Å². The second-order valence-electron chi connectivity index (χ2n) is 6.82. The van der Waals surface area contributed by atoms with Crippen LogP contribution in [-0.4, -0.2) is 25.2 Å². The highest BCUT2D eigenvalue weighted by Gasteiger charge is 2.26. The number of ether oxygens (including phenoxy) is 1. The van der Waals surface area contributed by atoms with E-state index < -0.39 is 0 Å². The van der Waals surface area contributed by atoms with E-state index in [2.05, 4.69) is 20.4 Å². The van der Waals surface area contributed by atoms with Gasteiger partial charge in [0, 0.05) is 5.56 Å². The molecule has 0 amide bonds. The molecule has 7 nitrogen and oxygen atoms in total. The Morgan fingerprint density at radius 3 is 2.57 bits per heavy atom. The summed E-state index contributed by atoms with van der Waals surface area (Å²) >= 11 is 0. The highest BCUT2D eigenvalue weighted by molar-refractivity contribution is 6.02. The third kappa shape index (κ3) is 1.98. The van der Waals surface area contributed by atoms with E-state index in [1.807, 2.05) is 49.4 Å². The summed E-state index contributed by atoms with van der Waals surface area (Å²) in [6, 6.07) is 17.1. The quantitative estimate of drug-likeness (QED) is 0.478. The lowest BCUT2D eigenvalue weighted by Gasteiger charge is -2.22. The molecule has 0 bridgehead atoms. The minimum Gasteiger partial charge on any atom is -0.454 e. The van der Waals surface area contributed by atoms with Gasteiger partial charge in [-0.3, -0.25) is 4.79 Å². The van der Waals surface area contributed by atoms with Crippen LogP contribution in [0, 0.1) is 6.92 Å². The first kappa shape index (κ1) is 15.1. The molecular formula is C21H13N5O2. The van der Waals surface area contributed by atoms with Crippen LogP contribution >= 0.6 is 0 Å². The van der Waals surface area contributed by atoms with Gasteiger partial charge in [-0.2, -0.15) is 5.10 Å². The van der Waals surface area contributed by atoms with E-state index in [1.165, 1.54) is 0 Å². The van der Waals surface area contributed by atoms with Crippen molar-refractivity contribution < 1.29 is 4.74 Å². The summed E-state index contributed by atoms with van der Waals surface area (Å²) in [6.45, 7) is 2.00. The molecule has 0 saturated heterocycles. The van der Waals surface area contributed by atoms with Gasteiger partial charge in [0.15, 0.2) is 5.75 Å². The zero-order chi connectivity index (χ0) is 18.8. The maximum absolute atomic E-state index is 12.2. The molecule has 5 aromatic rings. The molecule has 2 aromatic heterocycles. The van der Waals surface area contributed by atoms with Crippen LogP contribution in [0.3, 0.4) is 0 Å². The summed E-state index contributed by atoms with van der Waals surface area (Å²) in [5, 5.41) is 17.4. The van der Waals surface area contributed by atoms with Gasteiger partial charge >= 0.3 is 0 Å². The first-order chi connectivity index (χ1) is 13.7. The maximum atomic E-state index is 12.2. The summed E-state index contributed by atoms with van der Waals surface area (Å²) in [5.74, 6) is 1.21. The number of fused-ring (bicyclic) bond motifs is 3. The molecule has 28 heavy (non-hydrogen) atoms. The van der Waals surface area contributed by atoms with Crippen molar-refractivity contribution in [3.63, 3.8) is 0 Å². The molecule has 0 unspecified atom stereocenters. The van der Waals surface area contributed by atoms with E-state index in [1.54, 1.807) is 16.9 Å². The number of nitrogens with one attached hydrogen (secondary N) is 1. The van der Waals surface area contributed by atoms with E-state index in [-0.39, 0.29) is 5.56 Å². The van der Waals surface area contributed by atoms with Crippen molar-refractivity contribution in [2.24, 2.45) is 0 Å². The Kier molecular flexibility index (Phi) is 2.84. The van der Waals surface area contributed by atoms with Gasteiger partial charge < -0.3 is 4.74 Å². The number of H-pyrrole nitrogens is 1. The van der Waals surface area contributed by atoms with Crippen molar-refractivity contribution in [3.05, 3.63) is 70.5 Å². The van der Waals surface area contributed by atoms with Crippen LogP contribution in [0.2, 0.25) is 0 Å². The average Bonchev–Trinajstić information content (AvgIpc) is 3.14. The third-order valence-corrected chi connectivity index (χ3v) is 4.96. The Bertz CT molecular complexity index is 1450. The molecule has 0 radical (unpaired) electrons. The monoisotopic (exact) mass is 367 g/mol. The number of benzene rings is 3. The van der Waals surface area contributed by atoms with Crippen LogP contribution in [0.1, 0.15) is 5.56 Å². The fourth-order valence-corrected chi connectivity index (χ4v) is 3.73. The Morgan fingerprint density at radius 1 is 1.00 bits per heavy atom. The lowest BCUT2D eigenvalue weighted by molar-refractivity contribution is 0.478. The molecule has 1 aliphatic heterocycles. The van der Waals surface area contributed by atoms with E-state index in [9.17, 15) is 4.79 Å². The topological polar surface area (TPSA) is 85.7 Å². The maximum Gasteiger partial charge on any atom is 0.272 e. The van der Waals surface area contributed by atoms with Crippen LogP contribution in [0.5, 0.6) is 11.5 Å². The van der Waals surface area contributed by atoms with Crippen molar-refractivity contribution in [2.45, 2.75) is 6.92 Å². The lowest BCUT2D eigenvalue weighted by atomic mass is 9.98. The molecule has 0 saturated carbocycles. The van der Waals surface area contributed by atoms with Crippen molar-refractivity contribution in [2.75, 3.05) is 0 Å². The summed E-state index contributed by atoms with van der Waals surface area (Å²) in [5.41, 5.74) is 4.60. The van der Waals surface area contributed by atoms with Gasteiger partial charge in [0.2, 0.25) is 0 Å². The number of aryl methyl sites for hydroxylation is 1. The Hall–Kier alpha value is -4.00. The van der Waals surface area contributed by atoms with Gasteiger partial charge in [0.1, 0.15) is 28.2 Å². The molecule has 7 heteroatoms. The van der Waals surface area contributed by atoms with E-state index in [4.69, 9.17) is 4.74 Å². The molecule has 0 fully saturated rings. The fraction of sp³-hybridized carbons (Fsp3) is 0.0476. The Labute approximate surface area is 158 Å². The van der Waals surface area contributed by atoms with Gasteiger partial charge in [-0.1, -0.05) is 18.2 Å². The van der Waals surface area contributed by atoms with Crippen LogP contribution in [-0.2, 0) is 0 Å². The van der Waals surface area contributed by atoms with Gasteiger partial charge in [-0.05, 0) is 48.9 Å². The molecule has 6 rings (SSSR count). The standard InChI is InChI=1S/C21H13N5O2/c1-11-9-13-19-18-12(21(27)23-22-19)5-4-8-17(18)28-20(13)16(10-11)26-24-14-6-2-3-7-15(14)25-26/h2-10H,1H3,(H,23,27). The highest BCUT2D eigenvalue weighted by atomic mass is 16.5. The molecule has 134 valence electrons.